The molecular weight excluding hydrogens is 471 g/mol. The van der Waals surface area contributed by atoms with E-state index in [1.807, 2.05) is 0 Å². The highest BCUT2D eigenvalue weighted by molar-refractivity contribution is 9.10. The summed E-state index contributed by atoms with van der Waals surface area (Å²) in [5.41, 5.74) is 0.647. The smallest absolute Gasteiger partial charge is 0.348 e. The van der Waals surface area contributed by atoms with Crippen LogP contribution >= 0.6 is 27.3 Å². The first-order valence-electron chi connectivity index (χ1n) is 7.80. The van der Waals surface area contributed by atoms with Crippen LogP contribution < -0.4 is 0 Å². The Bertz CT molecular complexity index is 1330. The third kappa shape index (κ3) is 2.84. The molecule has 142 valence electrons. The Balaban J connectivity index is 1.94. The minimum absolute atomic E-state index is 0.0149. The highest BCUT2D eigenvalue weighted by Crippen LogP contribution is 2.42. The van der Waals surface area contributed by atoms with Crippen molar-refractivity contribution in [3.05, 3.63) is 70.0 Å². The van der Waals surface area contributed by atoms with Crippen LogP contribution in [-0.2, 0) is 10.0 Å². The van der Waals surface area contributed by atoms with Crippen LogP contribution in [0.15, 0.2) is 64.2 Å². The molecule has 0 aliphatic heterocycles. The van der Waals surface area contributed by atoms with Gasteiger partial charge in [0.1, 0.15) is 4.88 Å². The first kappa shape index (κ1) is 18.8. The Labute approximate surface area is 171 Å². The number of benzene rings is 1. The fourth-order valence-corrected chi connectivity index (χ4v) is 5.87. The molecule has 4 rings (SSSR count). The monoisotopic (exact) mass is 480 g/mol. The molecule has 3 aromatic heterocycles. The maximum atomic E-state index is 14.2. The number of rotatable bonds is 4. The minimum atomic E-state index is -3.87. The lowest BCUT2D eigenvalue weighted by Crippen LogP contribution is -2.12. The molecule has 0 amide bonds. The highest BCUT2D eigenvalue weighted by Gasteiger charge is 2.25. The van der Waals surface area contributed by atoms with E-state index in [2.05, 4.69) is 20.9 Å². The Morgan fingerprint density at radius 1 is 1.18 bits per heavy atom. The van der Waals surface area contributed by atoms with Crippen LogP contribution in [0.3, 0.4) is 0 Å². The van der Waals surface area contributed by atoms with Crippen molar-refractivity contribution in [1.82, 2.24) is 8.96 Å². The van der Waals surface area contributed by atoms with Gasteiger partial charge in [0.05, 0.1) is 14.2 Å². The predicted molar refractivity (Wildman–Crippen MR) is 107 cm³/mol. The van der Waals surface area contributed by atoms with Gasteiger partial charge in [0.15, 0.2) is 11.5 Å². The fourth-order valence-electron chi connectivity index (χ4n) is 2.81. The largest absolute Gasteiger partial charge is 0.477 e. The van der Waals surface area contributed by atoms with E-state index in [9.17, 15) is 17.6 Å². The van der Waals surface area contributed by atoms with E-state index < -0.39 is 26.7 Å². The summed E-state index contributed by atoms with van der Waals surface area (Å²) in [5.74, 6) is -2.24. The van der Waals surface area contributed by atoms with Crippen molar-refractivity contribution in [2.24, 2.45) is 0 Å². The van der Waals surface area contributed by atoms with E-state index in [1.54, 1.807) is 30.3 Å². The Morgan fingerprint density at radius 2 is 1.89 bits per heavy atom. The van der Waals surface area contributed by atoms with Crippen LogP contribution in [0.5, 0.6) is 0 Å². The van der Waals surface area contributed by atoms with Crippen molar-refractivity contribution in [1.29, 1.82) is 0 Å². The molecule has 0 saturated carbocycles. The molecule has 1 aromatic carbocycles. The normalized spacial score (nSPS) is 11.8. The number of pyridine rings is 1. The van der Waals surface area contributed by atoms with Crippen LogP contribution in [0.25, 0.3) is 21.5 Å². The molecule has 4 aromatic rings. The van der Waals surface area contributed by atoms with Gasteiger partial charge in [-0.1, -0.05) is 18.2 Å². The SMILES string of the molecule is O=C(O)c1sc(-c2ccnc3c2ccn3S(=O)(=O)c2ccccc2)c(Br)c1F. The number of hydrogen-bond acceptors (Lipinski definition) is 5. The fraction of sp³-hybridized carbons (Fsp3) is 0. The van der Waals surface area contributed by atoms with E-state index in [1.165, 1.54) is 24.5 Å². The number of carboxylic acid groups (broad SMARTS) is 1. The van der Waals surface area contributed by atoms with E-state index in [-0.39, 0.29) is 15.0 Å². The van der Waals surface area contributed by atoms with Gasteiger partial charge in [-0.25, -0.2) is 26.6 Å². The second-order valence-corrected chi connectivity index (χ2v) is 9.35. The van der Waals surface area contributed by atoms with Crippen molar-refractivity contribution >= 4 is 54.3 Å². The molecule has 3 heterocycles. The maximum absolute atomic E-state index is 14.2. The maximum Gasteiger partial charge on any atom is 0.348 e. The topological polar surface area (TPSA) is 89.3 Å². The molecule has 0 bridgehead atoms. The quantitative estimate of drug-likeness (QED) is 0.460. The number of thiophene rings is 1. The molecular formula is C18H10BrFN2O4S2. The molecule has 0 aliphatic rings. The zero-order valence-electron chi connectivity index (χ0n) is 13.8. The highest BCUT2D eigenvalue weighted by atomic mass is 79.9. The molecule has 10 heteroatoms. The van der Waals surface area contributed by atoms with Gasteiger partial charge in [0, 0.05) is 23.3 Å². The number of aromatic carboxylic acids is 1. The third-order valence-electron chi connectivity index (χ3n) is 4.09. The summed E-state index contributed by atoms with van der Waals surface area (Å²) >= 11 is 3.87. The van der Waals surface area contributed by atoms with Gasteiger partial charge in [-0.2, -0.15) is 0 Å². The summed E-state index contributed by atoms with van der Waals surface area (Å²) in [6.45, 7) is 0. The van der Waals surface area contributed by atoms with E-state index >= 15 is 0 Å². The first-order valence-corrected chi connectivity index (χ1v) is 10.9. The lowest BCUT2D eigenvalue weighted by atomic mass is 10.1. The number of nitrogens with zero attached hydrogens (tertiary/aromatic N) is 2. The zero-order chi connectivity index (χ0) is 20.1. The molecule has 0 spiro atoms. The third-order valence-corrected chi connectivity index (χ3v) is 7.96. The number of aromatic nitrogens is 2. The van der Waals surface area contributed by atoms with E-state index in [0.717, 1.165) is 15.3 Å². The van der Waals surface area contributed by atoms with Crippen LogP contribution in [0.1, 0.15) is 9.67 Å². The number of halogens is 2. The summed E-state index contributed by atoms with van der Waals surface area (Å²) in [7, 11) is -3.87. The van der Waals surface area contributed by atoms with E-state index in [0.29, 0.717) is 15.8 Å². The van der Waals surface area contributed by atoms with Crippen LogP contribution in [0.4, 0.5) is 4.39 Å². The predicted octanol–water partition coefficient (Wildman–Crippen LogP) is 4.60. The summed E-state index contributed by atoms with van der Waals surface area (Å²) in [6.07, 6.45) is 2.78. The molecule has 0 aliphatic carbocycles. The minimum Gasteiger partial charge on any atom is -0.477 e. The number of hydrogen-bond donors (Lipinski definition) is 1. The molecule has 6 nitrogen and oxygen atoms in total. The zero-order valence-corrected chi connectivity index (χ0v) is 17.1. The average Bonchev–Trinajstić information content (AvgIpc) is 3.25. The summed E-state index contributed by atoms with van der Waals surface area (Å²) in [6, 6.07) is 11.1. The van der Waals surface area contributed by atoms with Crippen molar-refractivity contribution in [3.8, 4) is 10.4 Å². The van der Waals surface area contributed by atoms with Crippen LogP contribution in [0, 0.1) is 5.82 Å². The second-order valence-electron chi connectivity index (χ2n) is 5.72. The molecule has 0 atom stereocenters. The first-order chi connectivity index (χ1) is 13.3. The number of carbonyl (C=O) groups is 1. The lowest BCUT2D eigenvalue weighted by Gasteiger charge is -2.07. The molecule has 0 radical (unpaired) electrons. The molecule has 0 unspecified atom stereocenters. The summed E-state index contributed by atoms with van der Waals surface area (Å²) in [5, 5.41) is 9.61. The lowest BCUT2D eigenvalue weighted by molar-refractivity contribution is 0.0697. The van der Waals surface area contributed by atoms with Gasteiger partial charge in [-0.15, -0.1) is 11.3 Å². The van der Waals surface area contributed by atoms with E-state index in [4.69, 9.17) is 5.11 Å². The van der Waals surface area contributed by atoms with Crippen LogP contribution in [0.2, 0.25) is 0 Å². The molecule has 0 fully saturated rings. The van der Waals surface area contributed by atoms with Gasteiger partial charge in [0.2, 0.25) is 0 Å². The van der Waals surface area contributed by atoms with Gasteiger partial charge in [0.25, 0.3) is 10.0 Å². The number of carboxylic acids is 1. The molecule has 0 saturated heterocycles. The average molecular weight is 481 g/mol. The van der Waals surface area contributed by atoms with Gasteiger partial charge < -0.3 is 5.11 Å². The van der Waals surface area contributed by atoms with Crippen molar-refractivity contribution in [3.63, 3.8) is 0 Å². The Hall–Kier alpha value is -2.56. The Kier molecular flexibility index (Phi) is 4.56. The van der Waals surface area contributed by atoms with Crippen molar-refractivity contribution < 1.29 is 22.7 Å². The van der Waals surface area contributed by atoms with Gasteiger partial charge >= 0.3 is 5.97 Å². The second kappa shape index (κ2) is 6.80. The molecule has 28 heavy (non-hydrogen) atoms. The standard InChI is InChI=1S/C18H10BrFN2O4S2/c19-13-14(20)16(18(23)24)27-15(13)11-6-8-21-17-12(11)7-9-22(17)28(25,26)10-4-2-1-3-5-10/h1-9H,(H,23,24). The number of fused-ring (bicyclic) bond motifs is 1. The van der Waals surface area contributed by atoms with Gasteiger partial charge in [-0.05, 0) is 40.2 Å². The molecule has 1 N–H and O–H groups in total. The van der Waals surface area contributed by atoms with Crippen molar-refractivity contribution in [2.45, 2.75) is 4.90 Å². The van der Waals surface area contributed by atoms with Crippen LogP contribution in [-0.4, -0.2) is 28.5 Å². The Morgan fingerprint density at radius 3 is 2.54 bits per heavy atom. The van der Waals surface area contributed by atoms with Gasteiger partial charge in [-0.3, -0.25) is 0 Å². The van der Waals surface area contributed by atoms with Crippen molar-refractivity contribution in [2.75, 3.05) is 0 Å². The summed E-state index contributed by atoms with van der Waals surface area (Å²) in [4.78, 5) is 15.4. The summed E-state index contributed by atoms with van der Waals surface area (Å²) < 4.78 is 41.2.